The lowest BCUT2D eigenvalue weighted by atomic mass is 9.86. The van der Waals surface area contributed by atoms with Gasteiger partial charge in [-0.3, -0.25) is 0 Å². The van der Waals surface area contributed by atoms with Crippen molar-refractivity contribution in [2.24, 2.45) is 0 Å². The molecule has 0 spiro atoms. The van der Waals surface area contributed by atoms with E-state index in [9.17, 15) is 5.11 Å². The summed E-state index contributed by atoms with van der Waals surface area (Å²) in [7, 11) is 0. The van der Waals surface area contributed by atoms with Crippen molar-refractivity contribution in [3.05, 3.63) is 35.4 Å². The average Bonchev–Trinajstić information content (AvgIpc) is 2.25. The molecular weight excluding hydrogens is 198 g/mol. The lowest BCUT2D eigenvalue weighted by molar-refractivity contribution is 0.169. The Morgan fingerprint density at radius 2 is 1.81 bits per heavy atom. The van der Waals surface area contributed by atoms with Gasteiger partial charge < -0.3 is 5.11 Å². The molecule has 0 aliphatic heterocycles. The van der Waals surface area contributed by atoms with Gasteiger partial charge in [-0.2, -0.15) is 5.26 Å². The SMILES string of the molecule is CC(C)(C)c1ccc(C(O)CCC#N)cc1. The minimum atomic E-state index is -0.520. The van der Waals surface area contributed by atoms with Gasteiger partial charge in [0.1, 0.15) is 0 Å². The highest BCUT2D eigenvalue weighted by Gasteiger charge is 2.14. The Balaban J connectivity index is 2.76. The van der Waals surface area contributed by atoms with E-state index in [1.165, 1.54) is 5.56 Å². The quantitative estimate of drug-likeness (QED) is 0.844. The smallest absolute Gasteiger partial charge is 0.0799 e. The molecule has 0 saturated heterocycles. The summed E-state index contributed by atoms with van der Waals surface area (Å²) in [5, 5.41) is 18.2. The van der Waals surface area contributed by atoms with Crippen LogP contribution in [0.25, 0.3) is 0 Å². The molecule has 2 heteroatoms. The second-order valence-corrected chi connectivity index (χ2v) is 5.08. The lowest BCUT2D eigenvalue weighted by Gasteiger charge is -2.19. The lowest BCUT2D eigenvalue weighted by Crippen LogP contribution is -2.11. The Hall–Kier alpha value is -1.33. The van der Waals surface area contributed by atoms with E-state index in [1.807, 2.05) is 30.3 Å². The molecule has 0 aliphatic rings. The molecule has 1 rings (SSSR count). The summed E-state index contributed by atoms with van der Waals surface area (Å²) in [6.07, 6.45) is 0.377. The summed E-state index contributed by atoms with van der Waals surface area (Å²) in [6, 6.07) is 10.0. The van der Waals surface area contributed by atoms with Crippen molar-refractivity contribution in [2.75, 3.05) is 0 Å². The summed E-state index contributed by atoms with van der Waals surface area (Å²) in [6.45, 7) is 6.48. The summed E-state index contributed by atoms with van der Waals surface area (Å²) in [4.78, 5) is 0. The number of rotatable bonds is 3. The van der Waals surface area contributed by atoms with Crippen LogP contribution in [0.2, 0.25) is 0 Å². The highest BCUT2D eigenvalue weighted by molar-refractivity contribution is 5.28. The van der Waals surface area contributed by atoms with Crippen molar-refractivity contribution in [3.63, 3.8) is 0 Å². The van der Waals surface area contributed by atoms with E-state index in [0.29, 0.717) is 12.8 Å². The number of aliphatic hydroxyl groups excluding tert-OH is 1. The van der Waals surface area contributed by atoms with Crippen LogP contribution in [-0.2, 0) is 5.41 Å². The first kappa shape index (κ1) is 12.7. The van der Waals surface area contributed by atoms with Crippen LogP contribution >= 0.6 is 0 Å². The van der Waals surface area contributed by atoms with Crippen LogP contribution in [0.1, 0.15) is 50.8 Å². The van der Waals surface area contributed by atoms with E-state index >= 15 is 0 Å². The van der Waals surface area contributed by atoms with E-state index in [0.717, 1.165) is 5.56 Å². The molecular formula is C14H19NO. The van der Waals surface area contributed by atoms with Crippen molar-refractivity contribution in [2.45, 2.75) is 45.1 Å². The molecule has 0 bridgehead atoms. The minimum Gasteiger partial charge on any atom is -0.388 e. The molecule has 1 N–H and O–H groups in total. The molecule has 0 heterocycles. The predicted molar refractivity (Wildman–Crippen MR) is 64.9 cm³/mol. The van der Waals surface area contributed by atoms with Crippen LogP contribution in [-0.4, -0.2) is 5.11 Å². The zero-order valence-electron chi connectivity index (χ0n) is 10.2. The third kappa shape index (κ3) is 3.36. The van der Waals surface area contributed by atoms with Crippen molar-refractivity contribution in [3.8, 4) is 6.07 Å². The van der Waals surface area contributed by atoms with Gasteiger partial charge in [0, 0.05) is 6.42 Å². The average molecular weight is 217 g/mol. The van der Waals surface area contributed by atoms with Gasteiger partial charge in [-0.05, 0) is 23.0 Å². The van der Waals surface area contributed by atoms with Gasteiger partial charge in [-0.1, -0.05) is 45.0 Å². The number of aliphatic hydroxyl groups is 1. The fourth-order valence-electron chi connectivity index (χ4n) is 1.57. The Kier molecular flexibility index (Phi) is 4.09. The molecule has 0 saturated carbocycles. The molecule has 2 nitrogen and oxygen atoms in total. The molecule has 0 amide bonds. The second kappa shape index (κ2) is 5.14. The van der Waals surface area contributed by atoms with Crippen molar-refractivity contribution < 1.29 is 5.11 Å². The maximum Gasteiger partial charge on any atom is 0.0799 e. The molecule has 86 valence electrons. The minimum absolute atomic E-state index is 0.135. The Morgan fingerprint density at radius 1 is 1.25 bits per heavy atom. The molecule has 1 atom stereocenters. The number of nitrogens with zero attached hydrogens (tertiary/aromatic N) is 1. The van der Waals surface area contributed by atoms with Crippen molar-refractivity contribution in [1.29, 1.82) is 5.26 Å². The number of hydrogen-bond acceptors (Lipinski definition) is 2. The van der Waals surface area contributed by atoms with E-state index in [2.05, 4.69) is 20.8 Å². The molecule has 0 aliphatic carbocycles. The van der Waals surface area contributed by atoms with Crippen LogP contribution in [0, 0.1) is 11.3 Å². The second-order valence-electron chi connectivity index (χ2n) is 5.08. The monoisotopic (exact) mass is 217 g/mol. The molecule has 16 heavy (non-hydrogen) atoms. The van der Waals surface area contributed by atoms with Gasteiger partial charge in [0.25, 0.3) is 0 Å². The molecule has 0 fully saturated rings. The van der Waals surface area contributed by atoms with Crippen LogP contribution in [0.4, 0.5) is 0 Å². The highest BCUT2D eigenvalue weighted by Crippen LogP contribution is 2.25. The summed E-state index contributed by atoms with van der Waals surface area (Å²) in [5.41, 5.74) is 2.28. The molecule has 1 unspecified atom stereocenters. The topological polar surface area (TPSA) is 44.0 Å². The Labute approximate surface area is 97.5 Å². The van der Waals surface area contributed by atoms with Gasteiger partial charge in [-0.15, -0.1) is 0 Å². The maximum atomic E-state index is 9.79. The first-order valence-corrected chi connectivity index (χ1v) is 5.60. The van der Waals surface area contributed by atoms with Crippen molar-refractivity contribution in [1.82, 2.24) is 0 Å². The Morgan fingerprint density at radius 3 is 2.25 bits per heavy atom. The first-order valence-electron chi connectivity index (χ1n) is 5.60. The maximum absolute atomic E-state index is 9.79. The predicted octanol–water partition coefficient (Wildman–Crippen LogP) is 3.32. The third-order valence-corrected chi connectivity index (χ3v) is 2.69. The first-order chi connectivity index (χ1) is 7.45. The molecule has 1 aromatic rings. The summed E-state index contributed by atoms with van der Waals surface area (Å²) < 4.78 is 0. The van der Waals surface area contributed by atoms with Gasteiger partial charge in [0.15, 0.2) is 0 Å². The number of nitriles is 1. The summed E-state index contributed by atoms with van der Waals surface area (Å²) >= 11 is 0. The standard InChI is InChI=1S/C14H19NO/c1-14(2,3)12-8-6-11(7-9-12)13(16)5-4-10-15/h6-9,13,16H,4-5H2,1-3H3. The largest absolute Gasteiger partial charge is 0.388 e. The Bertz CT molecular complexity index is 367. The van der Waals surface area contributed by atoms with Crippen LogP contribution in [0.3, 0.4) is 0 Å². The zero-order chi connectivity index (χ0) is 12.2. The van der Waals surface area contributed by atoms with Gasteiger partial charge in [-0.25, -0.2) is 0 Å². The van der Waals surface area contributed by atoms with Crippen molar-refractivity contribution >= 4 is 0 Å². The van der Waals surface area contributed by atoms with Gasteiger partial charge in [0.2, 0.25) is 0 Å². The van der Waals surface area contributed by atoms with E-state index < -0.39 is 6.10 Å². The normalized spacial score (nSPS) is 13.2. The summed E-state index contributed by atoms with van der Waals surface area (Å²) in [5.74, 6) is 0. The fourth-order valence-corrected chi connectivity index (χ4v) is 1.57. The van der Waals surface area contributed by atoms with Crippen LogP contribution in [0.15, 0.2) is 24.3 Å². The number of hydrogen-bond donors (Lipinski definition) is 1. The van der Waals surface area contributed by atoms with E-state index in [4.69, 9.17) is 5.26 Å². The third-order valence-electron chi connectivity index (χ3n) is 2.69. The van der Waals surface area contributed by atoms with Gasteiger partial charge >= 0.3 is 0 Å². The highest BCUT2D eigenvalue weighted by atomic mass is 16.3. The molecule has 1 aromatic carbocycles. The van der Waals surface area contributed by atoms with E-state index in [1.54, 1.807) is 0 Å². The fraction of sp³-hybridized carbons (Fsp3) is 0.500. The van der Waals surface area contributed by atoms with E-state index in [-0.39, 0.29) is 5.41 Å². The van der Waals surface area contributed by atoms with Crippen LogP contribution < -0.4 is 0 Å². The molecule has 0 radical (unpaired) electrons. The molecule has 0 aromatic heterocycles. The zero-order valence-corrected chi connectivity index (χ0v) is 10.2. The number of benzene rings is 1. The van der Waals surface area contributed by atoms with Gasteiger partial charge in [0.05, 0.1) is 12.2 Å². The van der Waals surface area contributed by atoms with Crippen LogP contribution in [0.5, 0.6) is 0 Å².